The van der Waals surface area contributed by atoms with Crippen molar-refractivity contribution in [2.24, 2.45) is 0 Å². The summed E-state index contributed by atoms with van der Waals surface area (Å²) in [6.45, 7) is 4.84. The molecule has 4 rings (SSSR count). The number of aromatic amines is 1. The SMILES string of the molecule is Cc1[nH]c(C)c(S(=O)(=O)Nc2cccc3c2CCCC3)c1C(=O)N1CCCC1. The van der Waals surface area contributed by atoms with Crippen molar-refractivity contribution >= 4 is 21.6 Å². The molecule has 1 saturated heterocycles. The number of rotatable bonds is 4. The summed E-state index contributed by atoms with van der Waals surface area (Å²) in [5, 5.41) is 0. The Labute approximate surface area is 166 Å². The average Bonchev–Trinajstić information content (AvgIpc) is 3.29. The summed E-state index contributed by atoms with van der Waals surface area (Å²) in [5.41, 5.74) is 4.30. The predicted octanol–water partition coefficient (Wildman–Crippen LogP) is 3.55. The lowest BCUT2D eigenvalue weighted by Gasteiger charge is -2.21. The van der Waals surface area contributed by atoms with Crippen LogP contribution in [0.15, 0.2) is 23.1 Å². The minimum Gasteiger partial charge on any atom is -0.361 e. The molecule has 2 N–H and O–H groups in total. The number of carbonyl (C=O) groups excluding carboxylic acids is 1. The first-order chi connectivity index (χ1) is 13.4. The summed E-state index contributed by atoms with van der Waals surface area (Å²) in [6.07, 6.45) is 5.97. The summed E-state index contributed by atoms with van der Waals surface area (Å²) in [6, 6.07) is 5.78. The number of nitrogens with one attached hydrogen (secondary N) is 2. The molecule has 2 heterocycles. The van der Waals surface area contributed by atoms with Gasteiger partial charge in [0.25, 0.3) is 15.9 Å². The third-order valence-electron chi connectivity index (χ3n) is 5.83. The number of hydrogen-bond acceptors (Lipinski definition) is 3. The molecule has 0 unspecified atom stereocenters. The van der Waals surface area contributed by atoms with Gasteiger partial charge in [0.1, 0.15) is 4.90 Å². The van der Waals surface area contributed by atoms with Gasteiger partial charge in [0.05, 0.1) is 11.3 Å². The van der Waals surface area contributed by atoms with Crippen LogP contribution in [0.3, 0.4) is 0 Å². The zero-order chi connectivity index (χ0) is 19.9. The molecular formula is C21H27N3O3S. The first-order valence-electron chi connectivity index (χ1n) is 10.0. The van der Waals surface area contributed by atoms with E-state index in [1.165, 1.54) is 5.56 Å². The molecule has 0 bridgehead atoms. The van der Waals surface area contributed by atoms with E-state index in [1.807, 2.05) is 12.1 Å². The van der Waals surface area contributed by atoms with Crippen molar-refractivity contribution < 1.29 is 13.2 Å². The fourth-order valence-electron chi connectivity index (χ4n) is 4.50. The van der Waals surface area contributed by atoms with Crippen molar-refractivity contribution in [3.8, 4) is 0 Å². The fourth-order valence-corrected chi connectivity index (χ4v) is 6.05. The second-order valence-corrected chi connectivity index (χ2v) is 9.45. The zero-order valence-electron chi connectivity index (χ0n) is 16.5. The van der Waals surface area contributed by atoms with E-state index in [1.54, 1.807) is 18.7 Å². The van der Waals surface area contributed by atoms with Gasteiger partial charge in [-0.05, 0) is 69.6 Å². The highest BCUT2D eigenvalue weighted by molar-refractivity contribution is 7.92. The van der Waals surface area contributed by atoms with Crippen LogP contribution in [-0.4, -0.2) is 37.3 Å². The Hall–Kier alpha value is -2.28. The average molecular weight is 402 g/mol. The van der Waals surface area contributed by atoms with Gasteiger partial charge < -0.3 is 9.88 Å². The monoisotopic (exact) mass is 401 g/mol. The topological polar surface area (TPSA) is 82.3 Å². The Morgan fingerprint density at radius 1 is 1.04 bits per heavy atom. The van der Waals surface area contributed by atoms with Crippen LogP contribution in [0.4, 0.5) is 5.69 Å². The molecule has 1 fully saturated rings. The number of benzene rings is 1. The van der Waals surface area contributed by atoms with Gasteiger partial charge in [0, 0.05) is 24.5 Å². The minimum absolute atomic E-state index is 0.0790. The normalized spacial score (nSPS) is 16.9. The van der Waals surface area contributed by atoms with Crippen LogP contribution in [0.5, 0.6) is 0 Å². The van der Waals surface area contributed by atoms with Crippen LogP contribution in [0.2, 0.25) is 0 Å². The lowest BCUT2D eigenvalue weighted by atomic mass is 9.91. The van der Waals surface area contributed by atoms with Gasteiger partial charge in [-0.1, -0.05) is 12.1 Å². The van der Waals surface area contributed by atoms with E-state index in [-0.39, 0.29) is 16.4 Å². The molecule has 150 valence electrons. The number of carbonyl (C=O) groups is 1. The number of aryl methyl sites for hydroxylation is 3. The second kappa shape index (κ2) is 7.28. The molecular weight excluding hydrogens is 374 g/mol. The summed E-state index contributed by atoms with van der Waals surface area (Å²) in [7, 11) is -3.89. The highest BCUT2D eigenvalue weighted by atomic mass is 32.2. The first-order valence-corrected chi connectivity index (χ1v) is 11.5. The first kappa shape index (κ1) is 19.1. The van der Waals surface area contributed by atoms with Gasteiger partial charge in [-0.15, -0.1) is 0 Å². The van der Waals surface area contributed by atoms with Crippen molar-refractivity contribution in [3.05, 3.63) is 46.3 Å². The third-order valence-corrected chi connectivity index (χ3v) is 7.37. The highest BCUT2D eigenvalue weighted by Crippen LogP contribution is 2.32. The number of fused-ring (bicyclic) bond motifs is 1. The van der Waals surface area contributed by atoms with Crippen LogP contribution in [0, 0.1) is 13.8 Å². The summed E-state index contributed by atoms with van der Waals surface area (Å²) >= 11 is 0. The van der Waals surface area contributed by atoms with Crippen molar-refractivity contribution in [1.82, 2.24) is 9.88 Å². The van der Waals surface area contributed by atoms with Crippen molar-refractivity contribution in [2.45, 2.75) is 57.3 Å². The molecule has 0 radical (unpaired) electrons. The molecule has 1 aliphatic heterocycles. The molecule has 0 saturated carbocycles. The molecule has 7 heteroatoms. The maximum absolute atomic E-state index is 13.4. The Balaban J connectivity index is 1.74. The van der Waals surface area contributed by atoms with Crippen LogP contribution in [0.1, 0.15) is 58.6 Å². The molecule has 0 atom stereocenters. The number of H-pyrrole nitrogens is 1. The Morgan fingerprint density at radius 2 is 1.75 bits per heavy atom. The van der Waals surface area contributed by atoms with Crippen LogP contribution in [-0.2, 0) is 22.9 Å². The van der Waals surface area contributed by atoms with E-state index in [2.05, 4.69) is 15.8 Å². The summed E-state index contributed by atoms with van der Waals surface area (Å²) in [4.78, 5) is 17.9. The number of amides is 1. The standard InChI is InChI=1S/C21H27N3O3S/c1-14-19(21(25)24-12-5-6-13-24)20(15(2)22-14)28(26,27)23-18-11-7-9-16-8-3-4-10-17(16)18/h7,9,11,22-23H,3-6,8,10,12-13H2,1-2H3. The van der Waals surface area contributed by atoms with E-state index in [9.17, 15) is 13.2 Å². The predicted molar refractivity (Wildman–Crippen MR) is 109 cm³/mol. The maximum Gasteiger partial charge on any atom is 0.264 e. The smallest absolute Gasteiger partial charge is 0.264 e. The van der Waals surface area contributed by atoms with Crippen LogP contribution in [0.25, 0.3) is 0 Å². The minimum atomic E-state index is -3.89. The van der Waals surface area contributed by atoms with Crippen molar-refractivity contribution in [1.29, 1.82) is 0 Å². The van der Waals surface area contributed by atoms with E-state index >= 15 is 0 Å². The molecule has 1 aromatic carbocycles. The number of aromatic nitrogens is 1. The lowest BCUT2D eigenvalue weighted by Crippen LogP contribution is -2.30. The molecule has 1 amide bonds. The third kappa shape index (κ3) is 3.32. The maximum atomic E-state index is 13.4. The lowest BCUT2D eigenvalue weighted by molar-refractivity contribution is 0.0788. The number of sulfonamides is 1. The van der Waals surface area contributed by atoms with Gasteiger partial charge in [0.2, 0.25) is 0 Å². The molecule has 28 heavy (non-hydrogen) atoms. The quantitative estimate of drug-likeness (QED) is 0.822. The Kier molecular flexibility index (Phi) is 4.95. The second-order valence-electron chi connectivity index (χ2n) is 7.83. The number of nitrogens with zero attached hydrogens (tertiary/aromatic N) is 1. The zero-order valence-corrected chi connectivity index (χ0v) is 17.3. The van der Waals surface area contributed by atoms with E-state index < -0.39 is 10.0 Å². The molecule has 2 aromatic rings. The largest absolute Gasteiger partial charge is 0.361 e. The van der Waals surface area contributed by atoms with E-state index in [0.29, 0.717) is 30.2 Å². The molecule has 1 aromatic heterocycles. The molecule has 6 nitrogen and oxygen atoms in total. The van der Waals surface area contributed by atoms with Gasteiger partial charge >= 0.3 is 0 Å². The van der Waals surface area contributed by atoms with E-state index in [4.69, 9.17) is 0 Å². The molecule has 1 aliphatic carbocycles. The van der Waals surface area contributed by atoms with Crippen LogP contribution < -0.4 is 4.72 Å². The van der Waals surface area contributed by atoms with Crippen molar-refractivity contribution in [2.75, 3.05) is 17.8 Å². The Morgan fingerprint density at radius 3 is 2.50 bits per heavy atom. The summed E-state index contributed by atoms with van der Waals surface area (Å²) in [5.74, 6) is -0.199. The van der Waals surface area contributed by atoms with Crippen molar-refractivity contribution in [3.63, 3.8) is 0 Å². The van der Waals surface area contributed by atoms with Gasteiger partial charge in [-0.25, -0.2) is 8.42 Å². The summed E-state index contributed by atoms with van der Waals surface area (Å²) < 4.78 is 29.5. The molecule has 2 aliphatic rings. The van der Waals surface area contributed by atoms with Gasteiger partial charge in [-0.3, -0.25) is 9.52 Å². The molecule has 0 spiro atoms. The number of anilines is 1. The van der Waals surface area contributed by atoms with E-state index in [0.717, 1.165) is 44.1 Å². The van der Waals surface area contributed by atoms with Crippen LogP contribution >= 0.6 is 0 Å². The van der Waals surface area contributed by atoms with Gasteiger partial charge in [0.15, 0.2) is 0 Å². The number of hydrogen-bond donors (Lipinski definition) is 2. The number of likely N-dealkylation sites (tertiary alicyclic amines) is 1. The van der Waals surface area contributed by atoms with Gasteiger partial charge in [-0.2, -0.15) is 0 Å². The highest BCUT2D eigenvalue weighted by Gasteiger charge is 2.32. The Bertz CT molecular complexity index is 1020. The fraction of sp³-hybridized carbons (Fsp3) is 0.476.